The van der Waals surface area contributed by atoms with E-state index in [-0.39, 0.29) is 16.0 Å². The zero-order valence-corrected chi connectivity index (χ0v) is 13.3. The third-order valence-corrected chi connectivity index (χ3v) is 6.06. The number of carbonyl (C=O) groups is 1. The van der Waals surface area contributed by atoms with Gasteiger partial charge in [-0.3, -0.25) is 4.79 Å². The van der Waals surface area contributed by atoms with Crippen LogP contribution in [0.4, 0.5) is 0 Å². The van der Waals surface area contributed by atoms with Gasteiger partial charge < -0.3 is 10.1 Å². The fourth-order valence-corrected chi connectivity index (χ4v) is 3.98. The third kappa shape index (κ3) is 3.75. The Morgan fingerprint density at radius 3 is 2.81 bits per heavy atom. The van der Waals surface area contributed by atoms with Crippen molar-refractivity contribution in [3.8, 4) is 0 Å². The molecule has 0 aromatic heterocycles. The van der Waals surface area contributed by atoms with Gasteiger partial charge in [-0.2, -0.15) is 0 Å². The third-order valence-electron chi connectivity index (χ3n) is 3.51. The molecule has 1 aromatic carbocycles. The van der Waals surface area contributed by atoms with Crippen LogP contribution in [-0.2, 0) is 19.4 Å². The predicted molar refractivity (Wildman–Crippen MR) is 80.1 cm³/mol. The molecular weight excluding hydrogens is 314 g/mol. The zero-order chi connectivity index (χ0) is 15.5. The maximum absolute atomic E-state index is 12.4. The van der Waals surface area contributed by atoms with E-state index < -0.39 is 21.0 Å². The fourth-order valence-electron chi connectivity index (χ4n) is 2.17. The molecule has 1 fully saturated rings. The van der Waals surface area contributed by atoms with E-state index in [9.17, 15) is 13.2 Å². The highest BCUT2D eigenvalue weighted by Gasteiger charge is 2.31. The molecule has 7 heteroatoms. The molecule has 1 aromatic rings. The van der Waals surface area contributed by atoms with E-state index in [1.807, 2.05) is 0 Å². The summed E-state index contributed by atoms with van der Waals surface area (Å²) in [6.07, 6.45) is 1.82. The molecule has 0 unspecified atom stereocenters. The van der Waals surface area contributed by atoms with Crippen LogP contribution in [0, 0.1) is 0 Å². The van der Waals surface area contributed by atoms with Crippen LogP contribution in [0.5, 0.6) is 0 Å². The molecule has 1 aliphatic heterocycles. The topological polar surface area (TPSA) is 72.5 Å². The summed E-state index contributed by atoms with van der Waals surface area (Å²) in [6.45, 7) is 2.39. The maximum atomic E-state index is 12.4. The van der Waals surface area contributed by atoms with Gasteiger partial charge in [0.1, 0.15) is 5.25 Å². The highest BCUT2D eigenvalue weighted by Crippen LogP contribution is 2.24. The van der Waals surface area contributed by atoms with E-state index in [2.05, 4.69) is 5.32 Å². The Kier molecular flexibility index (Phi) is 5.24. The Bertz CT molecular complexity index is 611. The first-order valence-electron chi connectivity index (χ1n) is 6.80. The summed E-state index contributed by atoms with van der Waals surface area (Å²) in [5.41, 5.74) is 0. The number of amides is 1. The predicted octanol–water partition coefficient (Wildman–Crippen LogP) is 1.80. The van der Waals surface area contributed by atoms with Gasteiger partial charge in [0.15, 0.2) is 9.84 Å². The van der Waals surface area contributed by atoms with E-state index >= 15 is 0 Å². The second kappa shape index (κ2) is 6.77. The van der Waals surface area contributed by atoms with Gasteiger partial charge in [-0.15, -0.1) is 0 Å². The molecule has 0 radical (unpaired) electrons. The Morgan fingerprint density at radius 1 is 1.48 bits per heavy atom. The van der Waals surface area contributed by atoms with Gasteiger partial charge >= 0.3 is 0 Å². The van der Waals surface area contributed by atoms with Crippen molar-refractivity contribution in [3.63, 3.8) is 0 Å². The van der Waals surface area contributed by atoms with Crippen molar-refractivity contribution >= 4 is 27.3 Å². The van der Waals surface area contributed by atoms with E-state index in [0.29, 0.717) is 13.2 Å². The van der Waals surface area contributed by atoms with Gasteiger partial charge in [0, 0.05) is 13.2 Å². The first-order chi connectivity index (χ1) is 9.93. The van der Waals surface area contributed by atoms with Crippen molar-refractivity contribution in [1.82, 2.24) is 5.32 Å². The number of nitrogens with one attached hydrogen (secondary N) is 1. The first kappa shape index (κ1) is 16.3. The lowest BCUT2D eigenvalue weighted by Crippen LogP contribution is -2.41. The van der Waals surface area contributed by atoms with Crippen LogP contribution >= 0.6 is 11.6 Å². The van der Waals surface area contributed by atoms with E-state index in [1.54, 1.807) is 12.1 Å². The van der Waals surface area contributed by atoms with E-state index in [0.717, 1.165) is 12.8 Å². The SMILES string of the molecule is C[C@@H](C(=O)NC[C@H]1CCCO1)S(=O)(=O)c1ccccc1Cl. The highest BCUT2D eigenvalue weighted by atomic mass is 35.5. The lowest BCUT2D eigenvalue weighted by Gasteiger charge is -2.16. The summed E-state index contributed by atoms with van der Waals surface area (Å²) in [5, 5.41) is 1.56. The minimum Gasteiger partial charge on any atom is -0.376 e. The number of ether oxygens (including phenoxy) is 1. The van der Waals surface area contributed by atoms with Gasteiger partial charge in [-0.05, 0) is 31.9 Å². The summed E-state index contributed by atoms with van der Waals surface area (Å²) in [6, 6.07) is 6.12. The molecule has 21 heavy (non-hydrogen) atoms. The summed E-state index contributed by atoms with van der Waals surface area (Å²) in [4.78, 5) is 12.0. The van der Waals surface area contributed by atoms with Crippen molar-refractivity contribution in [1.29, 1.82) is 0 Å². The number of halogens is 1. The standard InChI is InChI=1S/C14H18ClNO4S/c1-10(14(17)16-9-11-5-4-8-20-11)21(18,19)13-7-3-2-6-12(13)15/h2-3,6-7,10-11H,4-5,8-9H2,1H3,(H,16,17)/t10-,11+/m0/s1. The molecular formula is C14H18ClNO4S. The summed E-state index contributed by atoms with van der Waals surface area (Å²) in [7, 11) is -3.80. The van der Waals surface area contributed by atoms with Gasteiger partial charge in [0.05, 0.1) is 16.0 Å². The zero-order valence-electron chi connectivity index (χ0n) is 11.7. The highest BCUT2D eigenvalue weighted by molar-refractivity contribution is 7.92. The second-order valence-corrected chi connectivity index (χ2v) is 7.64. The Balaban J connectivity index is 2.05. The van der Waals surface area contributed by atoms with Crippen molar-refractivity contribution in [3.05, 3.63) is 29.3 Å². The molecule has 0 aliphatic carbocycles. The molecule has 116 valence electrons. The lowest BCUT2D eigenvalue weighted by molar-refractivity contribution is -0.120. The van der Waals surface area contributed by atoms with Crippen LogP contribution in [0.3, 0.4) is 0 Å². The smallest absolute Gasteiger partial charge is 0.238 e. The van der Waals surface area contributed by atoms with Gasteiger partial charge in [-0.1, -0.05) is 23.7 Å². The minimum atomic E-state index is -3.80. The summed E-state index contributed by atoms with van der Waals surface area (Å²) in [5.74, 6) is -0.537. The molecule has 0 bridgehead atoms. The average Bonchev–Trinajstić information content (AvgIpc) is 2.97. The number of benzene rings is 1. The van der Waals surface area contributed by atoms with Crippen molar-refractivity contribution < 1.29 is 17.9 Å². The van der Waals surface area contributed by atoms with Crippen LogP contribution < -0.4 is 5.32 Å². The molecule has 1 N–H and O–H groups in total. The van der Waals surface area contributed by atoms with Crippen LogP contribution in [0.2, 0.25) is 5.02 Å². The molecule has 2 atom stereocenters. The van der Waals surface area contributed by atoms with Crippen LogP contribution in [0.25, 0.3) is 0 Å². The molecule has 0 spiro atoms. The molecule has 1 heterocycles. The average molecular weight is 332 g/mol. The Morgan fingerprint density at radius 2 is 2.19 bits per heavy atom. The lowest BCUT2D eigenvalue weighted by atomic mass is 10.2. The first-order valence-corrected chi connectivity index (χ1v) is 8.73. The van der Waals surface area contributed by atoms with Crippen LogP contribution in [-0.4, -0.2) is 38.8 Å². The van der Waals surface area contributed by atoms with Crippen molar-refractivity contribution in [2.24, 2.45) is 0 Å². The minimum absolute atomic E-state index is 0.0218. The van der Waals surface area contributed by atoms with Gasteiger partial charge in [0.2, 0.25) is 5.91 Å². The maximum Gasteiger partial charge on any atom is 0.238 e. The molecule has 2 rings (SSSR count). The number of carbonyl (C=O) groups excluding carboxylic acids is 1. The van der Waals surface area contributed by atoms with E-state index in [4.69, 9.17) is 16.3 Å². The van der Waals surface area contributed by atoms with Crippen LogP contribution in [0.15, 0.2) is 29.2 Å². The summed E-state index contributed by atoms with van der Waals surface area (Å²) >= 11 is 5.91. The quantitative estimate of drug-likeness (QED) is 0.893. The van der Waals surface area contributed by atoms with Crippen molar-refractivity contribution in [2.45, 2.75) is 36.0 Å². The molecule has 1 amide bonds. The van der Waals surface area contributed by atoms with Gasteiger partial charge in [0.25, 0.3) is 0 Å². The molecule has 0 saturated carbocycles. The number of sulfone groups is 1. The molecule has 1 saturated heterocycles. The largest absolute Gasteiger partial charge is 0.376 e. The molecule has 5 nitrogen and oxygen atoms in total. The van der Waals surface area contributed by atoms with Crippen molar-refractivity contribution in [2.75, 3.05) is 13.2 Å². The van der Waals surface area contributed by atoms with Crippen LogP contribution in [0.1, 0.15) is 19.8 Å². The Hall–Kier alpha value is -1.11. The fraction of sp³-hybridized carbons (Fsp3) is 0.500. The Labute approximate surface area is 129 Å². The monoisotopic (exact) mass is 331 g/mol. The normalized spacial score (nSPS) is 20.2. The van der Waals surface area contributed by atoms with Gasteiger partial charge in [-0.25, -0.2) is 8.42 Å². The number of hydrogen-bond donors (Lipinski definition) is 1. The van der Waals surface area contributed by atoms with E-state index in [1.165, 1.54) is 19.1 Å². The second-order valence-electron chi connectivity index (χ2n) is 5.00. The number of rotatable bonds is 5. The summed E-state index contributed by atoms with van der Waals surface area (Å²) < 4.78 is 30.2. The number of hydrogen-bond acceptors (Lipinski definition) is 4. The molecule has 1 aliphatic rings.